The van der Waals surface area contributed by atoms with Crippen molar-refractivity contribution >= 4 is 17.6 Å². The fraction of sp³-hybridized carbons (Fsp3) is 0.308. The van der Waals surface area contributed by atoms with Crippen LogP contribution >= 0.6 is 0 Å². The third-order valence-corrected chi connectivity index (χ3v) is 2.88. The SMILES string of the molecule is NC1C=CC(C(=O)Nc2ccc(CC(=O)O)nc2)C1. The molecule has 0 aromatic carbocycles. The van der Waals surface area contributed by atoms with Gasteiger partial charge in [-0.3, -0.25) is 14.6 Å². The van der Waals surface area contributed by atoms with Crippen molar-refractivity contribution in [3.8, 4) is 0 Å². The number of carbonyl (C=O) groups is 2. The molecule has 0 bridgehead atoms. The van der Waals surface area contributed by atoms with Crippen LogP contribution in [0.4, 0.5) is 5.69 Å². The molecule has 100 valence electrons. The zero-order valence-corrected chi connectivity index (χ0v) is 10.2. The molecule has 0 saturated carbocycles. The lowest BCUT2D eigenvalue weighted by Gasteiger charge is -2.10. The summed E-state index contributed by atoms with van der Waals surface area (Å²) in [7, 11) is 0. The van der Waals surface area contributed by atoms with E-state index in [0.29, 0.717) is 17.8 Å². The predicted octanol–water partition coefficient (Wildman–Crippen LogP) is 0.551. The first-order valence-corrected chi connectivity index (χ1v) is 5.96. The number of hydrogen-bond acceptors (Lipinski definition) is 4. The highest BCUT2D eigenvalue weighted by atomic mass is 16.4. The van der Waals surface area contributed by atoms with E-state index in [9.17, 15) is 9.59 Å². The Morgan fingerprint density at radius 2 is 2.21 bits per heavy atom. The summed E-state index contributed by atoms with van der Waals surface area (Å²) in [5.41, 5.74) is 6.69. The first kappa shape index (κ1) is 13.2. The van der Waals surface area contributed by atoms with Crippen LogP contribution in [0.2, 0.25) is 0 Å². The molecule has 6 heteroatoms. The fourth-order valence-electron chi connectivity index (χ4n) is 1.91. The van der Waals surface area contributed by atoms with Gasteiger partial charge in [0.2, 0.25) is 5.91 Å². The first-order valence-electron chi connectivity index (χ1n) is 5.96. The van der Waals surface area contributed by atoms with Gasteiger partial charge in [-0.05, 0) is 18.6 Å². The number of pyridine rings is 1. The van der Waals surface area contributed by atoms with Gasteiger partial charge >= 0.3 is 5.97 Å². The largest absolute Gasteiger partial charge is 0.481 e. The number of anilines is 1. The van der Waals surface area contributed by atoms with Crippen LogP contribution in [-0.2, 0) is 16.0 Å². The number of aliphatic carboxylic acids is 1. The Hall–Kier alpha value is -2.21. The van der Waals surface area contributed by atoms with Gasteiger partial charge in [0.25, 0.3) is 0 Å². The number of carboxylic acids is 1. The summed E-state index contributed by atoms with van der Waals surface area (Å²) in [5, 5.41) is 11.4. The van der Waals surface area contributed by atoms with E-state index in [4.69, 9.17) is 10.8 Å². The second-order valence-electron chi connectivity index (χ2n) is 4.49. The van der Waals surface area contributed by atoms with Crippen LogP contribution in [0.15, 0.2) is 30.5 Å². The second kappa shape index (κ2) is 5.62. The van der Waals surface area contributed by atoms with Crippen LogP contribution in [0.25, 0.3) is 0 Å². The highest BCUT2D eigenvalue weighted by molar-refractivity contribution is 5.93. The molecule has 2 atom stereocenters. The van der Waals surface area contributed by atoms with Crippen LogP contribution in [0.3, 0.4) is 0 Å². The number of nitrogens with two attached hydrogens (primary N) is 1. The average molecular weight is 261 g/mol. The second-order valence-corrected chi connectivity index (χ2v) is 4.49. The third kappa shape index (κ3) is 3.62. The van der Waals surface area contributed by atoms with Crippen molar-refractivity contribution in [2.45, 2.75) is 18.9 Å². The van der Waals surface area contributed by atoms with Gasteiger partial charge in [-0.25, -0.2) is 0 Å². The molecule has 0 spiro atoms. The molecule has 2 rings (SSSR count). The number of aromatic nitrogens is 1. The van der Waals surface area contributed by atoms with E-state index >= 15 is 0 Å². The molecule has 0 fully saturated rings. The highest BCUT2D eigenvalue weighted by Gasteiger charge is 2.22. The Balaban J connectivity index is 1.94. The zero-order chi connectivity index (χ0) is 13.8. The summed E-state index contributed by atoms with van der Waals surface area (Å²) in [5.74, 6) is -1.28. The molecule has 1 aromatic heterocycles. The number of carboxylic acid groups (broad SMARTS) is 1. The Morgan fingerprint density at radius 3 is 2.74 bits per heavy atom. The van der Waals surface area contributed by atoms with E-state index in [2.05, 4.69) is 10.3 Å². The summed E-state index contributed by atoms with van der Waals surface area (Å²) in [6.45, 7) is 0. The summed E-state index contributed by atoms with van der Waals surface area (Å²) >= 11 is 0. The lowest BCUT2D eigenvalue weighted by molar-refractivity contribution is -0.136. The molecule has 2 unspecified atom stereocenters. The maximum atomic E-state index is 11.9. The molecular formula is C13H15N3O3. The van der Waals surface area contributed by atoms with Gasteiger partial charge in [0.1, 0.15) is 0 Å². The number of rotatable bonds is 4. The molecule has 6 nitrogen and oxygen atoms in total. The zero-order valence-electron chi connectivity index (χ0n) is 10.2. The normalized spacial score (nSPS) is 21.3. The van der Waals surface area contributed by atoms with Crippen LogP contribution in [0.1, 0.15) is 12.1 Å². The lowest BCUT2D eigenvalue weighted by atomic mass is 10.1. The van der Waals surface area contributed by atoms with Gasteiger partial charge in [-0.2, -0.15) is 0 Å². The molecule has 0 radical (unpaired) electrons. The molecule has 4 N–H and O–H groups in total. The summed E-state index contributed by atoms with van der Waals surface area (Å²) in [4.78, 5) is 26.4. The summed E-state index contributed by atoms with van der Waals surface area (Å²) < 4.78 is 0. The van der Waals surface area contributed by atoms with Gasteiger partial charge in [0, 0.05) is 6.04 Å². The number of carbonyl (C=O) groups excluding carboxylic acids is 1. The first-order chi connectivity index (χ1) is 9.04. The molecule has 1 aromatic rings. The third-order valence-electron chi connectivity index (χ3n) is 2.88. The number of hydrogen-bond donors (Lipinski definition) is 3. The van der Waals surface area contributed by atoms with E-state index in [1.54, 1.807) is 18.2 Å². The Kier molecular flexibility index (Phi) is 3.91. The van der Waals surface area contributed by atoms with Gasteiger partial charge in [0.15, 0.2) is 0 Å². The topological polar surface area (TPSA) is 105 Å². The number of nitrogens with zero attached hydrogens (tertiary/aromatic N) is 1. The Morgan fingerprint density at radius 1 is 1.42 bits per heavy atom. The van der Waals surface area contributed by atoms with Crippen molar-refractivity contribution < 1.29 is 14.7 Å². The fourth-order valence-corrected chi connectivity index (χ4v) is 1.91. The molecule has 1 aliphatic rings. The molecular weight excluding hydrogens is 246 g/mol. The highest BCUT2D eigenvalue weighted by Crippen LogP contribution is 2.18. The molecule has 1 heterocycles. The van der Waals surface area contributed by atoms with Gasteiger partial charge in [-0.15, -0.1) is 0 Å². The van der Waals surface area contributed by atoms with Crippen molar-refractivity contribution in [3.05, 3.63) is 36.2 Å². The smallest absolute Gasteiger partial charge is 0.309 e. The van der Waals surface area contributed by atoms with Gasteiger partial charge in [0.05, 0.1) is 29.9 Å². The van der Waals surface area contributed by atoms with E-state index in [-0.39, 0.29) is 24.3 Å². The minimum Gasteiger partial charge on any atom is -0.481 e. The van der Waals surface area contributed by atoms with Crippen molar-refractivity contribution in [1.82, 2.24) is 4.98 Å². The summed E-state index contributed by atoms with van der Waals surface area (Å²) in [6, 6.07) is 3.16. The van der Waals surface area contributed by atoms with E-state index in [0.717, 1.165) is 0 Å². The van der Waals surface area contributed by atoms with E-state index in [1.807, 2.05) is 6.08 Å². The van der Waals surface area contributed by atoms with Crippen LogP contribution in [0.5, 0.6) is 0 Å². The quantitative estimate of drug-likeness (QED) is 0.686. The predicted molar refractivity (Wildman–Crippen MR) is 69.4 cm³/mol. The number of nitrogens with one attached hydrogen (secondary N) is 1. The standard InChI is InChI=1S/C13H15N3O3/c14-9-2-1-8(5-9)13(19)16-11-4-3-10(15-7-11)6-12(17)18/h1-4,7-9H,5-6,14H2,(H,16,19)(H,17,18). The molecule has 1 aliphatic carbocycles. The van der Waals surface area contributed by atoms with Crippen molar-refractivity contribution in [3.63, 3.8) is 0 Å². The average Bonchev–Trinajstić information content (AvgIpc) is 2.78. The van der Waals surface area contributed by atoms with E-state index in [1.165, 1.54) is 6.20 Å². The van der Waals surface area contributed by atoms with Crippen molar-refractivity contribution in [2.24, 2.45) is 11.7 Å². The molecule has 1 amide bonds. The van der Waals surface area contributed by atoms with E-state index < -0.39 is 5.97 Å². The minimum atomic E-state index is -0.936. The molecule has 19 heavy (non-hydrogen) atoms. The maximum absolute atomic E-state index is 11.9. The van der Waals surface area contributed by atoms with Crippen molar-refractivity contribution in [2.75, 3.05) is 5.32 Å². The van der Waals surface area contributed by atoms with Crippen LogP contribution in [0, 0.1) is 5.92 Å². The molecule has 0 saturated heterocycles. The van der Waals surface area contributed by atoms with Gasteiger partial charge < -0.3 is 16.2 Å². The van der Waals surface area contributed by atoms with Crippen molar-refractivity contribution in [1.29, 1.82) is 0 Å². The minimum absolute atomic E-state index is 0.0631. The van der Waals surface area contributed by atoms with Gasteiger partial charge in [-0.1, -0.05) is 12.2 Å². The Bertz CT molecular complexity index is 510. The summed E-state index contributed by atoms with van der Waals surface area (Å²) in [6.07, 6.45) is 5.55. The maximum Gasteiger partial charge on any atom is 0.309 e. The Labute approximate surface area is 110 Å². The lowest BCUT2D eigenvalue weighted by Crippen LogP contribution is -2.24. The molecule has 0 aliphatic heterocycles. The van der Waals surface area contributed by atoms with Crippen LogP contribution < -0.4 is 11.1 Å². The van der Waals surface area contributed by atoms with Crippen LogP contribution in [-0.4, -0.2) is 28.0 Å². The monoisotopic (exact) mass is 261 g/mol. The number of amides is 1.